The first-order valence-corrected chi connectivity index (χ1v) is 11.3. The van der Waals surface area contributed by atoms with E-state index in [4.69, 9.17) is 0 Å². The highest BCUT2D eigenvalue weighted by molar-refractivity contribution is 7.92. The van der Waals surface area contributed by atoms with Crippen molar-refractivity contribution in [3.8, 4) is 0 Å². The van der Waals surface area contributed by atoms with Crippen LogP contribution >= 0.6 is 0 Å². The maximum atomic E-state index is 13.3. The summed E-state index contributed by atoms with van der Waals surface area (Å²) >= 11 is 0. The number of hydrogen-bond donors (Lipinski definition) is 0. The van der Waals surface area contributed by atoms with Gasteiger partial charge in [0.15, 0.2) is 0 Å². The smallest absolute Gasteiger partial charge is 0.264 e. The van der Waals surface area contributed by atoms with Gasteiger partial charge in [0.05, 0.1) is 22.5 Å². The normalized spacial score (nSPS) is 13.4. The quantitative estimate of drug-likeness (QED) is 0.627. The van der Waals surface area contributed by atoms with Gasteiger partial charge in [-0.15, -0.1) is 0 Å². The molecule has 3 aromatic rings. The van der Waals surface area contributed by atoms with Crippen LogP contribution < -0.4 is 9.21 Å². The zero-order valence-electron chi connectivity index (χ0n) is 16.9. The zero-order valence-corrected chi connectivity index (χ0v) is 17.7. The SMILES string of the molecule is CC(C)N(C(=O)c1cccc(S(=O)(=O)N2CCc3ccccc32)c1)c1cccnc1. The van der Waals surface area contributed by atoms with Gasteiger partial charge in [-0.2, -0.15) is 0 Å². The van der Waals surface area contributed by atoms with Gasteiger partial charge in [0.1, 0.15) is 0 Å². The Hall–Kier alpha value is -3.19. The van der Waals surface area contributed by atoms with E-state index in [1.165, 1.54) is 16.4 Å². The van der Waals surface area contributed by atoms with Crippen LogP contribution in [0.4, 0.5) is 11.4 Å². The van der Waals surface area contributed by atoms with E-state index in [-0.39, 0.29) is 16.8 Å². The van der Waals surface area contributed by atoms with Crippen LogP contribution in [-0.4, -0.2) is 31.9 Å². The molecular formula is C23H23N3O3S. The minimum Gasteiger partial charge on any atom is -0.304 e. The molecule has 1 aliphatic rings. The lowest BCUT2D eigenvalue weighted by molar-refractivity contribution is 0.0980. The molecule has 1 amide bonds. The largest absolute Gasteiger partial charge is 0.304 e. The molecule has 0 bridgehead atoms. The van der Waals surface area contributed by atoms with Crippen molar-refractivity contribution in [1.82, 2.24) is 4.98 Å². The maximum Gasteiger partial charge on any atom is 0.264 e. The highest BCUT2D eigenvalue weighted by Gasteiger charge is 2.31. The van der Waals surface area contributed by atoms with Gasteiger partial charge in [-0.3, -0.25) is 14.1 Å². The first-order valence-electron chi connectivity index (χ1n) is 9.84. The van der Waals surface area contributed by atoms with Crippen molar-refractivity contribution in [3.63, 3.8) is 0 Å². The second kappa shape index (κ2) is 7.91. The standard InChI is InChI=1S/C23H23N3O3S/c1-17(2)26(20-9-6-13-24-16-20)23(27)19-8-5-10-21(15-19)30(28,29)25-14-12-18-7-3-4-11-22(18)25/h3-11,13,15-17H,12,14H2,1-2H3. The number of amides is 1. The number of fused-ring (bicyclic) bond motifs is 1. The predicted octanol–water partition coefficient (Wildman–Crippen LogP) is 3.89. The topological polar surface area (TPSA) is 70.6 Å². The summed E-state index contributed by atoms with van der Waals surface area (Å²) in [6, 6.07) is 17.2. The monoisotopic (exact) mass is 421 g/mol. The Kier molecular flexibility index (Phi) is 5.30. The van der Waals surface area contributed by atoms with Crippen LogP contribution in [0.1, 0.15) is 29.8 Å². The lowest BCUT2D eigenvalue weighted by Gasteiger charge is -2.27. The van der Waals surface area contributed by atoms with Crippen LogP contribution in [-0.2, 0) is 16.4 Å². The molecule has 0 radical (unpaired) electrons. The number of carbonyl (C=O) groups is 1. The summed E-state index contributed by atoms with van der Waals surface area (Å²) in [5.74, 6) is -0.267. The number of aromatic nitrogens is 1. The summed E-state index contributed by atoms with van der Waals surface area (Å²) in [7, 11) is -3.77. The fraction of sp³-hybridized carbons (Fsp3) is 0.217. The van der Waals surface area contributed by atoms with E-state index in [0.717, 1.165) is 5.56 Å². The molecule has 0 saturated heterocycles. The average Bonchev–Trinajstić information content (AvgIpc) is 3.19. The number of hydrogen-bond acceptors (Lipinski definition) is 4. The van der Waals surface area contributed by atoms with E-state index >= 15 is 0 Å². The minimum absolute atomic E-state index is 0.111. The van der Waals surface area contributed by atoms with E-state index in [0.29, 0.717) is 29.9 Å². The van der Waals surface area contributed by atoms with Crippen molar-refractivity contribution in [3.05, 3.63) is 84.2 Å². The van der Waals surface area contributed by atoms with Gasteiger partial charge in [-0.25, -0.2) is 8.42 Å². The Morgan fingerprint density at radius 1 is 1.07 bits per heavy atom. The third-order valence-electron chi connectivity index (χ3n) is 5.17. The Morgan fingerprint density at radius 2 is 1.87 bits per heavy atom. The fourth-order valence-electron chi connectivity index (χ4n) is 3.76. The van der Waals surface area contributed by atoms with Gasteiger partial charge in [-0.05, 0) is 62.2 Å². The molecular weight excluding hydrogens is 398 g/mol. The molecule has 7 heteroatoms. The summed E-state index contributed by atoms with van der Waals surface area (Å²) in [4.78, 5) is 19.1. The van der Waals surface area contributed by atoms with Gasteiger partial charge in [0.25, 0.3) is 15.9 Å². The van der Waals surface area contributed by atoms with Crippen LogP contribution in [0.15, 0.2) is 78.0 Å². The summed E-state index contributed by atoms with van der Waals surface area (Å²) in [6.07, 6.45) is 3.95. The molecule has 1 aromatic heterocycles. The number of benzene rings is 2. The van der Waals surface area contributed by atoms with Gasteiger partial charge >= 0.3 is 0 Å². The van der Waals surface area contributed by atoms with Crippen LogP contribution in [0, 0.1) is 0 Å². The van der Waals surface area contributed by atoms with E-state index in [1.54, 1.807) is 35.5 Å². The molecule has 4 rings (SSSR count). The van der Waals surface area contributed by atoms with Gasteiger partial charge in [0.2, 0.25) is 0 Å². The molecule has 0 fully saturated rings. The summed E-state index contributed by atoms with van der Waals surface area (Å²) < 4.78 is 28.1. The van der Waals surface area contributed by atoms with Crippen LogP contribution in [0.5, 0.6) is 0 Å². The van der Waals surface area contributed by atoms with Gasteiger partial charge in [0, 0.05) is 24.3 Å². The Balaban J connectivity index is 1.70. The van der Waals surface area contributed by atoms with Crippen LogP contribution in [0.3, 0.4) is 0 Å². The molecule has 2 heterocycles. The zero-order chi connectivity index (χ0) is 21.3. The highest BCUT2D eigenvalue weighted by Crippen LogP contribution is 2.33. The molecule has 2 aromatic carbocycles. The van der Waals surface area contributed by atoms with Crippen LogP contribution in [0.25, 0.3) is 0 Å². The Bertz CT molecular complexity index is 1180. The van der Waals surface area contributed by atoms with Crippen molar-refractivity contribution >= 4 is 27.3 Å². The third-order valence-corrected chi connectivity index (χ3v) is 6.98. The van der Waals surface area contributed by atoms with Crippen molar-refractivity contribution in [2.24, 2.45) is 0 Å². The fourth-order valence-corrected chi connectivity index (χ4v) is 5.31. The highest BCUT2D eigenvalue weighted by atomic mass is 32.2. The van der Waals surface area contributed by atoms with Gasteiger partial charge in [-0.1, -0.05) is 24.3 Å². The first-order chi connectivity index (χ1) is 14.4. The molecule has 0 spiro atoms. The Morgan fingerprint density at radius 3 is 2.60 bits per heavy atom. The number of rotatable bonds is 5. The molecule has 0 unspecified atom stereocenters. The molecule has 0 saturated carbocycles. The third kappa shape index (κ3) is 3.57. The predicted molar refractivity (Wildman–Crippen MR) is 117 cm³/mol. The van der Waals surface area contributed by atoms with E-state index < -0.39 is 10.0 Å². The summed E-state index contributed by atoms with van der Waals surface area (Å²) in [6.45, 7) is 4.22. The molecule has 0 N–H and O–H groups in total. The van der Waals surface area contributed by atoms with Crippen molar-refractivity contribution < 1.29 is 13.2 Å². The number of nitrogens with zero attached hydrogens (tertiary/aromatic N) is 3. The Labute approximate surface area is 176 Å². The van der Waals surface area contributed by atoms with Crippen molar-refractivity contribution in [1.29, 1.82) is 0 Å². The summed E-state index contributed by atoms with van der Waals surface area (Å²) in [5, 5.41) is 0. The number of anilines is 2. The maximum absolute atomic E-state index is 13.3. The van der Waals surface area contributed by atoms with Crippen molar-refractivity contribution in [2.75, 3.05) is 15.7 Å². The van der Waals surface area contributed by atoms with E-state index in [1.807, 2.05) is 44.2 Å². The second-order valence-corrected chi connectivity index (χ2v) is 9.33. The van der Waals surface area contributed by atoms with Gasteiger partial charge < -0.3 is 4.90 Å². The van der Waals surface area contributed by atoms with E-state index in [9.17, 15) is 13.2 Å². The molecule has 154 valence electrons. The lowest BCUT2D eigenvalue weighted by atomic mass is 10.1. The summed E-state index contributed by atoms with van der Waals surface area (Å²) in [5.41, 5.74) is 2.70. The van der Waals surface area contributed by atoms with E-state index in [2.05, 4.69) is 4.98 Å². The minimum atomic E-state index is -3.77. The number of pyridine rings is 1. The van der Waals surface area contributed by atoms with Crippen molar-refractivity contribution in [2.45, 2.75) is 31.2 Å². The lowest BCUT2D eigenvalue weighted by Crippen LogP contribution is -2.37. The molecule has 30 heavy (non-hydrogen) atoms. The number of para-hydroxylation sites is 1. The molecule has 0 atom stereocenters. The first kappa shape index (κ1) is 20.1. The number of carbonyl (C=O) groups excluding carboxylic acids is 1. The number of sulfonamides is 1. The molecule has 6 nitrogen and oxygen atoms in total. The second-order valence-electron chi connectivity index (χ2n) is 7.46. The van der Waals surface area contributed by atoms with Crippen LogP contribution in [0.2, 0.25) is 0 Å². The molecule has 1 aliphatic heterocycles. The average molecular weight is 422 g/mol. The molecule has 0 aliphatic carbocycles.